The number of anilines is 1. The van der Waals surface area contributed by atoms with E-state index < -0.39 is 0 Å². The molecule has 0 aliphatic carbocycles. The summed E-state index contributed by atoms with van der Waals surface area (Å²) in [4.78, 5) is 18.5. The van der Waals surface area contributed by atoms with Gasteiger partial charge in [0.15, 0.2) is 0 Å². The van der Waals surface area contributed by atoms with Gasteiger partial charge in [-0.15, -0.1) is 0 Å². The minimum Gasteiger partial charge on any atom is -0.492 e. The number of amides is 1. The number of benzene rings is 2. The Hall–Kier alpha value is -2.63. The van der Waals surface area contributed by atoms with Gasteiger partial charge in [-0.05, 0) is 55.6 Å². The van der Waals surface area contributed by atoms with Crippen LogP contribution in [0.1, 0.15) is 0 Å². The molecule has 134 valence electrons. The number of hydrogen-bond donors (Lipinski definition) is 1. The fraction of sp³-hybridized carbons (Fsp3) is 0.200. The van der Waals surface area contributed by atoms with Crippen LogP contribution in [-0.2, 0) is 4.79 Å². The second-order valence-electron chi connectivity index (χ2n) is 5.96. The zero-order valence-electron chi connectivity index (χ0n) is 14.5. The van der Waals surface area contributed by atoms with E-state index in [4.69, 9.17) is 16.3 Å². The highest BCUT2D eigenvalue weighted by Gasteiger charge is 2.09. The molecular weight excluding hydrogens is 350 g/mol. The van der Waals surface area contributed by atoms with Gasteiger partial charge < -0.3 is 10.1 Å². The second kappa shape index (κ2) is 8.65. The van der Waals surface area contributed by atoms with Gasteiger partial charge in [0.25, 0.3) is 0 Å². The van der Waals surface area contributed by atoms with Gasteiger partial charge in [-0.3, -0.25) is 14.7 Å². The van der Waals surface area contributed by atoms with Crippen molar-refractivity contribution in [1.29, 1.82) is 0 Å². The zero-order valence-corrected chi connectivity index (χ0v) is 15.2. The Bertz CT molecular complexity index is 878. The monoisotopic (exact) mass is 369 g/mol. The summed E-state index contributed by atoms with van der Waals surface area (Å²) in [5.41, 5.74) is 1.63. The molecule has 0 unspecified atom stereocenters. The van der Waals surface area contributed by atoms with Crippen molar-refractivity contribution in [2.24, 2.45) is 0 Å². The largest absolute Gasteiger partial charge is 0.492 e. The van der Waals surface area contributed by atoms with Gasteiger partial charge in [0.1, 0.15) is 12.4 Å². The molecule has 0 atom stereocenters. The van der Waals surface area contributed by atoms with E-state index in [1.165, 1.54) is 0 Å². The number of aromatic nitrogens is 1. The standard InChI is InChI=1S/C20H20ClN3O2/c1-24(12-13-26-16-9-7-15(21)8-10-16)14-20(25)23-19-6-2-5-18-17(19)4-3-11-22-18/h2-11H,12-14H2,1H3,(H,23,25). The number of pyridine rings is 1. The number of hydrogen-bond acceptors (Lipinski definition) is 4. The number of halogens is 1. The van der Waals surface area contributed by atoms with Crippen LogP contribution in [0.2, 0.25) is 5.02 Å². The number of nitrogens with one attached hydrogen (secondary N) is 1. The molecule has 6 heteroatoms. The SMILES string of the molecule is CN(CCOc1ccc(Cl)cc1)CC(=O)Nc1cccc2ncccc12. The Morgan fingerprint density at radius 2 is 1.96 bits per heavy atom. The lowest BCUT2D eigenvalue weighted by molar-refractivity contribution is -0.117. The molecule has 0 saturated heterocycles. The summed E-state index contributed by atoms with van der Waals surface area (Å²) in [6.07, 6.45) is 1.74. The van der Waals surface area contributed by atoms with Crippen LogP contribution in [0.25, 0.3) is 10.9 Å². The highest BCUT2D eigenvalue weighted by Crippen LogP contribution is 2.21. The number of carbonyl (C=O) groups is 1. The summed E-state index contributed by atoms with van der Waals surface area (Å²) in [7, 11) is 1.88. The van der Waals surface area contributed by atoms with Crippen LogP contribution >= 0.6 is 11.6 Å². The summed E-state index contributed by atoms with van der Waals surface area (Å²) in [5.74, 6) is 0.686. The minimum absolute atomic E-state index is 0.0738. The van der Waals surface area contributed by atoms with Crippen molar-refractivity contribution in [3.05, 3.63) is 65.8 Å². The van der Waals surface area contributed by atoms with Crippen LogP contribution in [0.5, 0.6) is 5.75 Å². The minimum atomic E-state index is -0.0738. The predicted molar refractivity (Wildman–Crippen MR) is 105 cm³/mol. The molecule has 0 bridgehead atoms. The van der Waals surface area contributed by atoms with Crippen LogP contribution in [0.3, 0.4) is 0 Å². The molecule has 0 aliphatic heterocycles. The third kappa shape index (κ3) is 4.94. The van der Waals surface area contributed by atoms with E-state index in [-0.39, 0.29) is 12.5 Å². The number of ether oxygens (including phenoxy) is 1. The van der Waals surface area contributed by atoms with Crippen LogP contribution in [-0.4, -0.2) is 42.5 Å². The van der Waals surface area contributed by atoms with Gasteiger partial charge in [-0.1, -0.05) is 17.7 Å². The first-order chi connectivity index (χ1) is 12.6. The molecule has 0 radical (unpaired) electrons. The molecule has 1 amide bonds. The van der Waals surface area contributed by atoms with Crippen molar-refractivity contribution in [3.8, 4) is 5.75 Å². The molecule has 0 spiro atoms. The first-order valence-corrected chi connectivity index (χ1v) is 8.70. The first kappa shape index (κ1) is 18.2. The zero-order chi connectivity index (χ0) is 18.4. The summed E-state index contributed by atoms with van der Waals surface area (Å²) < 4.78 is 5.65. The molecule has 3 aromatic rings. The average molecular weight is 370 g/mol. The van der Waals surface area contributed by atoms with E-state index in [0.717, 1.165) is 22.3 Å². The van der Waals surface area contributed by atoms with Crippen molar-refractivity contribution >= 4 is 34.1 Å². The highest BCUT2D eigenvalue weighted by molar-refractivity contribution is 6.30. The molecule has 0 aliphatic rings. The third-order valence-corrected chi connectivity index (χ3v) is 4.14. The third-order valence-electron chi connectivity index (χ3n) is 3.89. The maximum Gasteiger partial charge on any atom is 0.238 e. The first-order valence-electron chi connectivity index (χ1n) is 8.32. The molecule has 3 rings (SSSR count). The van der Waals surface area contributed by atoms with Crippen molar-refractivity contribution in [2.45, 2.75) is 0 Å². The topological polar surface area (TPSA) is 54.5 Å². The molecule has 26 heavy (non-hydrogen) atoms. The fourth-order valence-electron chi connectivity index (χ4n) is 2.58. The van der Waals surface area contributed by atoms with E-state index in [0.29, 0.717) is 18.2 Å². The van der Waals surface area contributed by atoms with E-state index in [9.17, 15) is 4.79 Å². The van der Waals surface area contributed by atoms with Crippen LogP contribution in [0.4, 0.5) is 5.69 Å². The van der Waals surface area contributed by atoms with Crippen molar-refractivity contribution in [2.75, 3.05) is 32.1 Å². The molecular formula is C20H20ClN3O2. The number of fused-ring (bicyclic) bond motifs is 1. The van der Waals surface area contributed by atoms with E-state index >= 15 is 0 Å². The summed E-state index contributed by atoms with van der Waals surface area (Å²) in [5, 5.41) is 4.56. The molecule has 1 aromatic heterocycles. The Balaban J connectivity index is 1.48. The number of rotatable bonds is 7. The Labute approximate surface area is 157 Å². The lowest BCUT2D eigenvalue weighted by Gasteiger charge is -2.17. The van der Waals surface area contributed by atoms with Gasteiger partial charge >= 0.3 is 0 Å². The predicted octanol–water partition coefficient (Wildman–Crippen LogP) is 3.84. The molecule has 0 saturated carbocycles. The normalized spacial score (nSPS) is 10.9. The molecule has 5 nitrogen and oxygen atoms in total. The Kier molecular flexibility index (Phi) is 6.04. The van der Waals surface area contributed by atoms with Crippen LogP contribution in [0.15, 0.2) is 60.8 Å². The second-order valence-corrected chi connectivity index (χ2v) is 6.40. The van der Waals surface area contributed by atoms with Gasteiger partial charge in [-0.2, -0.15) is 0 Å². The summed E-state index contributed by atoms with van der Waals surface area (Å²) >= 11 is 5.84. The summed E-state index contributed by atoms with van der Waals surface area (Å²) in [6.45, 7) is 1.40. The van der Waals surface area contributed by atoms with Crippen LogP contribution < -0.4 is 10.1 Å². The lowest BCUT2D eigenvalue weighted by Crippen LogP contribution is -2.33. The molecule has 2 aromatic carbocycles. The van der Waals surface area contributed by atoms with Crippen molar-refractivity contribution in [1.82, 2.24) is 9.88 Å². The fourth-order valence-corrected chi connectivity index (χ4v) is 2.70. The van der Waals surface area contributed by atoms with E-state index in [1.807, 2.05) is 54.4 Å². The smallest absolute Gasteiger partial charge is 0.238 e. The van der Waals surface area contributed by atoms with Crippen LogP contribution in [0, 0.1) is 0 Å². The quantitative estimate of drug-likeness (QED) is 0.687. The average Bonchev–Trinajstić information content (AvgIpc) is 2.63. The number of carbonyl (C=O) groups excluding carboxylic acids is 1. The Morgan fingerprint density at radius 1 is 1.15 bits per heavy atom. The Morgan fingerprint density at radius 3 is 2.77 bits per heavy atom. The maximum absolute atomic E-state index is 12.3. The van der Waals surface area contributed by atoms with Gasteiger partial charge in [0.2, 0.25) is 5.91 Å². The number of likely N-dealkylation sites (N-methyl/N-ethyl adjacent to an activating group) is 1. The molecule has 0 fully saturated rings. The molecule has 1 N–H and O–H groups in total. The number of nitrogens with zero attached hydrogens (tertiary/aromatic N) is 2. The summed E-state index contributed by atoms with van der Waals surface area (Å²) in [6, 6.07) is 16.7. The maximum atomic E-state index is 12.3. The highest BCUT2D eigenvalue weighted by atomic mass is 35.5. The van der Waals surface area contributed by atoms with Gasteiger partial charge in [0, 0.05) is 23.2 Å². The molecule has 1 heterocycles. The van der Waals surface area contributed by atoms with E-state index in [2.05, 4.69) is 10.3 Å². The van der Waals surface area contributed by atoms with Gasteiger partial charge in [-0.25, -0.2) is 0 Å². The van der Waals surface area contributed by atoms with Crippen molar-refractivity contribution < 1.29 is 9.53 Å². The van der Waals surface area contributed by atoms with Crippen molar-refractivity contribution in [3.63, 3.8) is 0 Å². The van der Waals surface area contributed by atoms with Gasteiger partial charge in [0.05, 0.1) is 17.7 Å². The lowest BCUT2D eigenvalue weighted by atomic mass is 10.2. The van der Waals surface area contributed by atoms with E-state index in [1.54, 1.807) is 18.3 Å².